The van der Waals surface area contributed by atoms with E-state index in [1.165, 1.54) is 6.33 Å². The van der Waals surface area contributed by atoms with Gasteiger partial charge in [0, 0.05) is 24.7 Å². The molecule has 98 valence electrons. The van der Waals surface area contributed by atoms with Crippen LogP contribution in [0, 0.1) is 0 Å². The van der Waals surface area contributed by atoms with Gasteiger partial charge in [-0.2, -0.15) is 5.10 Å². The van der Waals surface area contributed by atoms with E-state index in [1.807, 2.05) is 24.3 Å². The first-order chi connectivity index (χ1) is 9.22. The second-order valence-corrected chi connectivity index (χ2v) is 4.73. The number of amides is 1. The molecule has 3 rings (SSSR count). The van der Waals surface area contributed by atoms with Crippen LogP contribution < -0.4 is 10.6 Å². The topological polar surface area (TPSA) is 77.0 Å². The number of benzene rings is 1. The summed E-state index contributed by atoms with van der Waals surface area (Å²) in [5.74, 6) is 0.0940. The van der Waals surface area contributed by atoms with Gasteiger partial charge in [-0.15, -0.1) is 0 Å². The third-order valence-electron chi connectivity index (χ3n) is 3.21. The summed E-state index contributed by atoms with van der Waals surface area (Å²) in [5, 5.41) is 4.06. The first-order valence-electron chi connectivity index (χ1n) is 6.19. The first-order valence-corrected chi connectivity index (χ1v) is 6.19. The van der Waals surface area contributed by atoms with Crippen molar-refractivity contribution in [2.75, 3.05) is 11.4 Å². The summed E-state index contributed by atoms with van der Waals surface area (Å²) in [6.07, 6.45) is 3.62. The van der Waals surface area contributed by atoms with Gasteiger partial charge in [0.1, 0.15) is 12.7 Å². The fraction of sp³-hybridized carbons (Fsp3) is 0.308. The lowest BCUT2D eigenvalue weighted by atomic mass is 10.2. The van der Waals surface area contributed by atoms with E-state index in [-0.39, 0.29) is 11.9 Å². The fourth-order valence-electron chi connectivity index (χ4n) is 2.27. The van der Waals surface area contributed by atoms with Crippen LogP contribution in [0.25, 0.3) is 0 Å². The van der Waals surface area contributed by atoms with Crippen LogP contribution in [0.2, 0.25) is 0 Å². The van der Waals surface area contributed by atoms with Crippen LogP contribution in [0.1, 0.15) is 12.0 Å². The number of nitrogens with two attached hydrogens (primary N) is 1. The molecule has 0 radical (unpaired) electrons. The van der Waals surface area contributed by atoms with Crippen molar-refractivity contribution in [3.63, 3.8) is 0 Å². The van der Waals surface area contributed by atoms with Crippen molar-refractivity contribution < 1.29 is 4.79 Å². The number of carbonyl (C=O) groups excluding carboxylic acids is 1. The zero-order valence-electron chi connectivity index (χ0n) is 10.4. The van der Waals surface area contributed by atoms with Gasteiger partial charge in [0.05, 0.1) is 6.54 Å². The smallest absolute Gasteiger partial charge is 0.228 e. The van der Waals surface area contributed by atoms with Crippen molar-refractivity contribution in [1.82, 2.24) is 14.8 Å². The van der Waals surface area contributed by atoms with Crippen molar-refractivity contribution in [3.8, 4) is 0 Å². The zero-order chi connectivity index (χ0) is 13.2. The predicted octanol–water partition coefficient (Wildman–Crippen LogP) is 0.390. The summed E-state index contributed by atoms with van der Waals surface area (Å²) in [7, 11) is 0. The predicted molar refractivity (Wildman–Crippen MR) is 70.5 cm³/mol. The quantitative estimate of drug-likeness (QED) is 0.863. The summed E-state index contributed by atoms with van der Waals surface area (Å²) in [6, 6.07) is 7.83. The molecular formula is C13H15N5O. The Balaban J connectivity index is 1.74. The lowest BCUT2D eigenvalue weighted by Crippen LogP contribution is -2.27. The fourth-order valence-corrected chi connectivity index (χ4v) is 2.27. The van der Waals surface area contributed by atoms with Gasteiger partial charge in [-0.1, -0.05) is 12.1 Å². The van der Waals surface area contributed by atoms with Crippen molar-refractivity contribution in [2.24, 2.45) is 5.73 Å². The molecule has 6 heteroatoms. The Hall–Kier alpha value is -2.21. The average Bonchev–Trinajstić information content (AvgIpc) is 3.00. The van der Waals surface area contributed by atoms with Gasteiger partial charge in [0.15, 0.2) is 0 Å². The highest BCUT2D eigenvalue weighted by Crippen LogP contribution is 2.21. The molecule has 2 aromatic rings. The number of nitrogens with zero attached hydrogens (tertiary/aromatic N) is 4. The minimum Gasteiger partial charge on any atom is -0.326 e. The monoisotopic (exact) mass is 257 g/mol. The second-order valence-electron chi connectivity index (χ2n) is 4.73. The van der Waals surface area contributed by atoms with Crippen molar-refractivity contribution >= 4 is 11.6 Å². The maximum atomic E-state index is 11.7. The van der Waals surface area contributed by atoms with Crippen LogP contribution in [0.3, 0.4) is 0 Å². The molecule has 0 saturated carbocycles. The molecule has 1 aromatic heterocycles. The molecule has 1 fully saturated rings. The number of aromatic nitrogens is 3. The highest BCUT2D eigenvalue weighted by atomic mass is 16.2. The molecule has 0 spiro atoms. The van der Waals surface area contributed by atoms with E-state index in [0.717, 1.165) is 11.3 Å². The summed E-state index contributed by atoms with van der Waals surface area (Å²) in [6.45, 7) is 1.27. The van der Waals surface area contributed by atoms with Crippen LogP contribution in [0.15, 0.2) is 36.9 Å². The number of anilines is 1. The Kier molecular flexibility index (Phi) is 3.00. The Labute approximate surface area is 110 Å². The van der Waals surface area contributed by atoms with Gasteiger partial charge in [-0.25, -0.2) is 9.67 Å². The number of hydrogen-bond acceptors (Lipinski definition) is 4. The van der Waals surface area contributed by atoms with E-state index in [4.69, 9.17) is 5.73 Å². The Morgan fingerprint density at radius 2 is 2.11 bits per heavy atom. The van der Waals surface area contributed by atoms with E-state index < -0.39 is 0 Å². The normalized spacial score (nSPS) is 19.1. The summed E-state index contributed by atoms with van der Waals surface area (Å²) in [4.78, 5) is 17.4. The van der Waals surface area contributed by atoms with Gasteiger partial charge in [-0.05, 0) is 17.7 Å². The van der Waals surface area contributed by atoms with Crippen molar-refractivity contribution in [2.45, 2.75) is 19.0 Å². The molecule has 1 aromatic carbocycles. The molecule has 1 aliphatic heterocycles. The van der Waals surface area contributed by atoms with Gasteiger partial charge in [0.25, 0.3) is 0 Å². The van der Waals surface area contributed by atoms with Crippen molar-refractivity contribution in [3.05, 3.63) is 42.5 Å². The first kappa shape index (κ1) is 11.9. The van der Waals surface area contributed by atoms with E-state index >= 15 is 0 Å². The molecule has 1 unspecified atom stereocenters. The molecule has 2 N–H and O–H groups in total. The van der Waals surface area contributed by atoms with E-state index in [9.17, 15) is 4.79 Å². The molecule has 2 heterocycles. The number of hydrogen-bond donors (Lipinski definition) is 1. The summed E-state index contributed by atoms with van der Waals surface area (Å²) >= 11 is 0. The number of carbonyl (C=O) groups is 1. The molecule has 0 aliphatic carbocycles. The summed E-state index contributed by atoms with van der Waals surface area (Å²) < 4.78 is 1.76. The molecule has 0 bridgehead atoms. The molecule has 6 nitrogen and oxygen atoms in total. The summed E-state index contributed by atoms with van der Waals surface area (Å²) in [5.41, 5.74) is 7.81. The standard InChI is InChI=1S/C13H15N5O/c14-11-5-13(19)18(7-11)12-3-1-10(2-4-12)6-17-9-15-8-16-17/h1-4,8-9,11H,5-7,14H2. The lowest BCUT2D eigenvalue weighted by Gasteiger charge is -2.16. The third kappa shape index (κ3) is 2.48. The van der Waals surface area contributed by atoms with Gasteiger partial charge >= 0.3 is 0 Å². The minimum absolute atomic E-state index is 0.0534. The second kappa shape index (κ2) is 4.81. The van der Waals surface area contributed by atoms with Crippen LogP contribution in [-0.2, 0) is 11.3 Å². The lowest BCUT2D eigenvalue weighted by molar-refractivity contribution is -0.117. The maximum absolute atomic E-state index is 11.7. The Morgan fingerprint density at radius 3 is 2.68 bits per heavy atom. The third-order valence-corrected chi connectivity index (χ3v) is 3.21. The zero-order valence-corrected chi connectivity index (χ0v) is 10.4. The number of rotatable bonds is 3. The van der Waals surface area contributed by atoms with Gasteiger partial charge in [-0.3, -0.25) is 4.79 Å². The maximum Gasteiger partial charge on any atom is 0.228 e. The molecular weight excluding hydrogens is 242 g/mol. The van der Waals surface area contributed by atoms with Crippen LogP contribution in [0.5, 0.6) is 0 Å². The van der Waals surface area contributed by atoms with E-state index in [2.05, 4.69) is 10.1 Å². The highest BCUT2D eigenvalue weighted by Gasteiger charge is 2.27. The van der Waals surface area contributed by atoms with Crippen molar-refractivity contribution in [1.29, 1.82) is 0 Å². The molecule has 19 heavy (non-hydrogen) atoms. The van der Waals surface area contributed by atoms with Gasteiger partial charge < -0.3 is 10.6 Å². The van der Waals surface area contributed by atoms with Crippen LogP contribution in [-0.4, -0.2) is 33.3 Å². The molecule has 1 amide bonds. The minimum atomic E-state index is -0.0534. The van der Waals surface area contributed by atoms with E-state index in [1.54, 1.807) is 15.9 Å². The Bertz CT molecular complexity index is 563. The molecule has 1 saturated heterocycles. The van der Waals surface area contributed by atoms with Gasteiger partial charge in [0.2, 0.25) is 5.91 Å². The largest absolute Gasteiger partial charge is 0.326 e. The SMILES string of the molecule is NC1CC(=O)N(c2ccc(Cn3cncn3)cc2)C1. The van der Waals surface area contributed by atoms with E-state index in [0.29, 0.717) is 19.5 Å². The highest BCUT2D eigenvalue weighted by molar-refractivity contribution is 5.96. The molecule has 1 aliphatic rings. The average molecular weight is 257 g/mol. The van der Waals surface area contributed by atoms with Crippen LogP contribution >= 0.6 is 0 Å². The Morgan fingerprint density at radius 1 is 1.32 bits per heavy atom. The molecule has 1 atom stereocenters. The van der Waals surface area contributed by atoms with Crippen LogP contribution in [0.4, 0.5) is 5.69 Å².